The summed E-state index contributed by atoms with van der Waals surface area (Å²) in [6, 6.07) is 5.31. The molecule has 0 bridgehead atoms. The first kappa shape index (κ1) is 14.0. The van der Waals surface area contributed by atoms with Crippen LogP contribution in [0.5, 0.6) is 0 Å². The maximum atomic E-state index is 12.5. The van der Waals surface area contributed by atoms with Crippen molar-refractivity contribution in [2.45, 2.75) is 18.2 Å². The average Bonchev–Trinajstić information content (AvgIpc) is 2.39. The van der Waals surface area contributed by atoms with Crippen molar-refractivity contribution in [2.75, 3.05) is 26.3 Å². The van der Waals surface area contributed by atoms with Gasteiger partial charge in [-0.05, 0) is 30.2 Å². The van der Waals surface area contributed by atoms with E-state index in [0.717, 1.165) is 10.0 Å². The highest BCUT2D eigenvalue weighted by molar-refractivity contribution is 9.10. The van der Waals surface area contributed by atoms with Gasteiger partial charge in [0.05, 0.1) is 18.1 Å². The van der Waals surface area contributed by atoms with Crippen LogP contribution in [0.2, 0.25) is 0 Å². The molecule has 0 saturated carbocycles. The van der Waals surface area contributed by atoms with E-state index in [1.165, 1.54) is 4.31 Å². The largest absolute Gasteiger partial charge is 0.379 e. The summed E-state index contributed by atoms with van der Waals surface area (Å²) in [6.07, 6.45) is 0.693. The van der Waals surface area contributed by atoms with E-state index < -0.39 is 10.0 Å². The van der Waals surface area contributed by atoms with Crippen LogP contribution in [0.25, 0.3) is 0 Å². The lowest BCUT2D eigenvalue weighted by Crippen LogP contribution is -2.40. The Bertz CT molecular complexity index is 524. The molecule has 4 nitrogen and oxygen atoms in total. The van der Waals surface area contributed by atoms with E-state index in [9.17, 15) is 8.42 Å². The van der Waals surface area contributed by atoms with Gasteiger partial charge >= 0.3 is 0 Å². The van der Waals surface area contributed by atoms with Crippen molar-refractivity contribution in [1.82, 2.24) is 4.31 Å². The molecule has 1 aliphatic rings. The Hall–Kier alpha value is -0.430. The molecule has 1 aromatic carbocycles. The van der Waals surface area contributed by atoms with Gasteiger partial charge in [0.25, 0.3) is 0 Å². The molecule has 0 amide bonds. The minimum Gasteiger partial charge on any atom is -0.379 e. The third kappa shape index (κ3) is 2.77. The SMILES string of the molecule is CCc1cc(Br)ccc1S(=O)(=O)N1CCOCC1. The summed E-state index contributed by atoms with van der Waals surface area (Å²) in [6.45, 7) is 3.76. The Labute approximate surface area is 116 Å². The summed E-state index contributed by atoms with van der Waals surface area (Å²) in [5.74, 6) is 0. The van der Waals surface area contributed by atoms with Crippen LogP contribution in [-0.4, -0.2) is 39.0 Å². The number of benzene rings is 1. The zero-order valence-corrected chi connectivity index (χ0v) is 12.6. The van der Waals surface area contributed by atoms with Crippen molar-refractivity contribution >= 4 is 26.0 Å². The number of aryl methyl sites for hydroxylation is 1. The molecule has 0 radical (unpaired) electrons. The lowest BCUT2D eigenvalue weighted by atomic mass is 10.2. The van der Waals surface area contributed by atoms with Crippen LogP contribution < -0.4 is 0 Å². The summed E-state index contributed by atoms with van der Waals surface area (Å²) in [5, 5.41) is 0. The van der Waals surface area contributed by atoms with Gasteiger partial charge in [-0.3, -0.25) is 0 Å². The molecule has 18 heavy (non-hydrogen) atoms. The second-order valence-corrected chi connectivity index (χ2v) is 6.94. The molecule has 100 valence electrons. The highest BCUT2D eigenvalue weighted by Crippen LogP contribution is 2.24. The molecule has 1 aliphatic heterocycles. The molecule has 0 unspecified atom stereocenters. The van der Waals surface area contributed by atoms with E-state index >= 15 is 0 Å². The first-order valence-electron chi connectivity index (χ1n) is 5.92. The van der Waals surface area contributed by atoms with Crippen LogP contribution in [0.1, 0.15) is 12.5 Å². The fourth-order valence-corrected chi connectivity index (χ4v) is 4.09. The number of hydrogen-bond acceptors (Lipinski definition) is 3. The average molecular weight is 334 g/mol. The topological polar surface area (TPSA) is 46.6 Å². The monoisotopic (exact) mass is 333 g/mol. The predicted octanol–water partition coefficient (Wildman–Crippen LogP) is 2.03. The normalized spacial score (nSPS) is 17.9. The van der Waals surface area contributed by atoms with Crippen molar-refractivity contribution in [3.63, 3.8) is 0 Å². The van der Waals surface area contributed by atoms with Gasteiger partial charge in [0, 0.05) is 17.6 Å². The molecule has 0 atom stereocenters. The number of ether oxygens (including phenoxy) is 1. The van der Waals surface area contributed by atoms with Crippen LogP contribution >= 0.6 is 15.9 Å². The molecule has 2 rings (SSSR count). The second kappa shape index (κ2) is 5.69. The molecule has 6 heteroatoms. The van der Waals surface area contributed by atoms with Crippen molar-refractivity contribution in [2.24, 2.45) is 0 Å². The lowest BCUT2D eigenvalue weighted by molar-refractivity contribution is 0.0730. The Morgan fingerprint density at radius 1 is 1.33 bits per heavy atom. The molecule has 0 N–H and O–H groups in total. The van der Waals surface area contributed by atoms with E-state index in [-0.39, 0.29) is 0 Å². The number of hydrogen-bond donors (Lipinski definition) is 0. The molecular weight excluding hydrogens is 318 g/mol. The summed E-state index contributed by atoms with van der Waals surface area (Å²) in [7, 11) is -3.39. The Morgan fingerprint density at radius 3 is 2.61 bits per heavy atom. The molecule has 0 aromatic heterocycles. The minimum atomic E-state index is -3.39. The van der Waals surface area contributed by atoms with Gasteiger partial charge in [-0.1, -0.05) is 22.9 Å². The summed E-state index contributed by atoms with van der Waals surface area (Å²) < 4.78 is 32.7. The van der Waals surface area contributed by atoms with Gasteiger partial charge in [-0.15, -0.1) is 0 Å². The number of sulfonamides is 1. The van der Waals surface area contributed by atoms with Crippen molar-refractivity contribution in [3.05, 3.63) is 28.2 Å². The maximum Gasteiger partial charge on any atom is 0.243 e. The van der Waals surface area contributed by atoms with Crippen LogP contribution in [0.15, 0.2) is 27.6 Å². The molecule has 1 saturated heterocycles. The molecule has 0 aliphatic carbocycles. The molecule has 1 heterocycles. The number of nitrogens with zero attached hydrogens (tertiary/aromatic N) is 1. The van der Waals surface area contributed by atoms with Crippen molar-refractivity contribution < 1.29 is 13.2 Å². The quantitative estimate of drug-likeness (QED) is 0.850. The zero-order valence-electron chi connectivity index (χ0n) is 10.2. The fraction of sp³-hybridized carbons (Fsp3) is 0.500. The third-order valence-electron chi connectivity index (χ3n) is 2.99. The zero-order chi connectivity index (χ0) is 13.2. The maximum absolute atomic E-state index is 12.5. The first-order valence-corrected chi connectivity index (χ1v) is 8.15. The fourth-order valence-electron chi connectivity index (χ4n) is 2.00. The van der Waals surface area contributed by atoms with E-state index in [1.54, 1.807) is 12.1 Å². The number of halogens is 1. The molecular formula is C12H16BrNO3S. The van der Waals surface area contributed by atoms with Gasteiger partial charge in [0.2, 0.25) is 10.0 Å². The van der Waals surface area contributed by atoms with Gasteiger partial charge < -0.3 is 4.74 Å². The number of morpholine rings is 1. The number of rotatable bonds is 3. The highest BCUT2D eigenvalue weighted by Gasteiger charge is 2.27. The molecule has 1 fully saturated rings. The van der Waals surface area contributed by atoms with Crippen LogP contribution in [0.3, 0.4) is 0 Å². The standard InChI is InChI=1S/C12H16BrNO3S/c1-2-10-9-11(13)3-4-12(10)18(15,16)14-5-7-17-8-6-14/h3-4,9H,2,5-8H2,1H3. The van der Waals surface area contributed by atoms with E-state index in [0.29, 0.717) is 37.6 Å². The summed E-state index contributed by atoms with van der Waals surface area (Å²) >= 11 is 3.37. The van der Waals surface area contributed by atoms with Crippen LogP contribution in [0.4, 0.5) is 0 Å². The van der Waals surface area contributed by atoms with Crippen molar-refractivity contribution in [1.29, 1.82) is 0 Å². The van der Waals surface area contributed by atoms with E-state index in [2.05, 4.69) is 15.9 Å². The van der Waals surface area contributed by atoms with Gasteiger partial charge in [0.15, 0.2) is 0 Å². The van der Waals surface area contributed by atoms with Gasteiger partial charge in [0.1, 0.15) is 0 Å². The van der Waals surface area contributed by atoms with Crippen LogP contribution in [0, 0.1) is 0 Å². The third-order valence-corrected chi connectivity index (χ3v) is 5.48. The highest BCUT2D eigenvalue weighted by atomic mass is 79.9. The lowest BCUT2D eigenvalue weighted by Gasteiger charge is -2.26. The van der Waals surface area contributed by atoms with Gasteiger partial charge in [-0.25, -0.2) is 8.42 Å². The second-order valence-electron chi connectivity index (χ2n) is 4.12. The smallest absolute Gasteiger partial charge is 0.243 e. The molecule has 0 spiro atoms. The van der Waals surface area contributed by atoms with E-state index in [1.807, 2.05) is 13.0 Å². The predicted molar refractivity (Wildman–Crippen MR) is 73.1 cm³/mol. The molecule has 1 aromatic rings. The van der Waals surface area contributed by atoms with Gasteiger partial charge in [-0.2, -0.15) is 4.31 Å². The summed E-state index contributed by atoms with van der Waals surface area (Å²) in [4.78, 5) is 0.412. The Morgan fingerprint density at radius 2 is 2.00 bits per heavy atom. The minimum absolute atomic E-state index is 0.412. The van der Waals surface area contributed by atoms with E-state index in [4.69, 9.17) is 4.74 Å². The van der Waals surface area contributed by atoms with Crippen LogP contribution in [-0.2, 0) is 21.2 Å². The first-order chi connectivity index (χ1) is 8.55. The Kier molecular flexibility index (Phi) is 4.42. The van der Waals surface area contributed by atoms with Crippen molar-refractivity contribution in [3.8, 4) is 0 Å². The summed E-state index contributed by atoms with van der Waals surface area (Å²) in [5.41, 5.74) is 0.843. The Balaban J connectivity index is 2.40.